The second-order valence-corrected chi connectivity index (χ2v) is 10.6. The van der Waals surface area contributed by atoms with Gasteiger partial charge < -0.3 is 10.2 Å². The van der Waals surface area contributed by atoms with Gasteiger partial charge in [0.1, 0.15) is 6.04 Å². The number of nitrogens with one attached hydrogen (secondary N) is 1. The van der Waals surface area contributed by atoms with Crippen LogP contribution in [0, 0.1) is 0 Å². The predicted molar refractivity (Wildman–Crippen MR) is 139 cm³/mol. The van der Waals surface area contributed by atoms with Crippen LogP contribution in [0.1, 0.15) is 50.2 Å². The summed E-state index contributed by atoms with van der Waals surface area (Å²) < 4.78 is 0. The Bertz CT molecular complexity index is 966. The van der Waals surface area contributed by atoms with Gasteiger partial charge >= 0.3 is 0 Å². The van der Waals surface area contributed by atoms with Crippen LogP contribution in [0.4, 0.5) is 0 Å². The van der Waals surface area contributed by atoms with Gasteiger partial charge in [0.2, 0.25) is 11.8 Å². The van der Waals surface area contributed by atoms with E-state index in [1.54, 1.807) is 24.0 Å². The van der Waals surface area contributed by atoms with Crippen LogP contribution in [-0.2, 0) is 21.9 Å². The highest BCUT2D eigenvalue weighted by atomic mass is 35.5. The van der Waals surface area contributed by atoms with E-state index >= 15 is 0 Å². The molecule has 1 aliphatic rings. The first-order chi connectivity index (χ1) is 15.8. The predicted octanol–water partition coefficient (Wildman–Crippen LogP) is 6.75. The summed E-state index contributed by atoms with van der Waals surface area (Å²) in [5.41, 5.74) is 1.88. The lowest BCUT2D eigenvalue weighted by molar-refractivity contribution is -0.139. The zero-order valence-corrected chi connectivity index (χ0v) is 21.7. The lowest BCUT2D eigenvalue weighted by Crippen LogP contribution is -2.50. The highest BCUT2D eigenvalue weighted by molar-refractivity contribution is 7.99. The fourth-order valence-electron chi connectivity index (χ4n) is 3.95. The SMILES string of the molecule is C[C@@H](C(=O)NC1CCCCC1)N(Cc1ccc(Cl)c(Cl)c1)C(=O)CSCc1cccc(Cl)c1. The van der Waals surface area contributed by atoms with Crippen molar-refractivity contribution in [2.45, 2.75) is 63.4 Å². The lowest BCUT2D eigenvalue weighted by Gasteiger charge is -2.31. The van der Waals surface area contributed by atoms with E-state index in [1.807, 2.05) is 30.3 Å². The van der Waals surface area contributed by atoms with Gasteiger partial charge in [0, 0.05) is 23.4 Å². The van der Waals surface area contributed by atoms with E-state index in [0.29, 0.717) is 20.8 Å². The van der Waals surface area contributed by atoms with Crippen LogP contribution < -0.4 is 5.32 Å². The van der Waals surface area contributed by atoms with Gasteiger partial charge in [-0.1, -0.05) is 72.3 Å². The van der Waals surface area contributed by atoms with E-state index in [1.165, 1.54) is 18.2 Å². The molecular weight excluding hydrogens is 499 g/mol. The largest absolute Gasteiger partial charge is 0.352 e. The average Bonchev–Trinajstić information content (AvgIpc) is 2.80. The Kier molecular flexibility index (Phi) is 10.2. The molecule has 0 spiro atoms. The van der Waals surface area contributed by atoms with E-state index in [9.17, 15) is 9.59 Å². The molecule has 1 N–H and O–H groups in total. The Morgan fingerprint density at radius 1 is 1.03 bits per heavy atom. The monoisotopic (exact) mass is 526 g/mol. The molecule has 0 aromatic heterocycles. The summed E-state index contributed by atoms with van der Waals surface area (Å²) in [7, 11) is 0. The summed E-state index contributed by atoms with van der Waals surface area (Å²) >= 11 is 19.8. The first-order valence-corrected chi connectivity index (χ1v) is 13.5. The number of halogens is 3. The molecule has 0 heterocycles. The molecule has 0 saturated heterocycles. The molecule has 1 fully saturated rings. The van der Waals surface area contributed by atoms with Crippen molar-refractivity contribution in [3.63, 3.8) is 0 Å². The third-order valence-electron chi connectivity index (χ3n) is 5.84. The highest BCUT2D eigenvalue weighted by Crippen LogP contribution is 2.25. The molecule has 0 aliphatic heterocycles. The number of carbonyl (C=O) groups is 2. The van der Waals surface area contributed by atoms with Crippen LogP contribution in [0.25, 0.3) is 0 Å². The van der Waals surface area contributed by atoms with E-state index in [2.05, 4.69) is 5.32 Å². The van der Waals surface area contributed by atoms with Crippen LogP contribution in [-0.4, -0.2) is 34.6 Å². The maximum atomic E-state index is 13.2. The fourth-order valence-corrected chi connectivity index (χ4v) is 5.34. The van der Waals surface area contributed by atoms with Gasteiger partial charge in [-0.2, -0.15) is 0 Å². The normalized spacial score (nSPS) is 15.2. The number of carbonyl (C=O) groups excluding carboxylic acids is 2. The van der Waals surface area contributed by atoms with Gasteiger partial charge in [0.05, 0.1) is 15.8 Å². The van der Waals surface area contributed by atoms with Crippen LogP contribution in [0.2, 0.25) is 15.1 Å². The topological polar surface area (TPSA) is 49.4 Å². The molecule has 1 saturated carbocycles. The van der Waals surface area contributed by atoms with Gasteiger partial charge in [-0.15, -0.1) is 11.8 Å². The van der Waals surface area contributed by atoms with Crippen molar-refractivity contribution in [2.75, 3.05) is 5.75 Å². The van der Waals surface area contributed by atoms with Crippen molar-refractivity contribution in [1.82, 2.24) is 10.2 Å². The standard InChI is InChI=1S/C25H29Cl3N2O2S/c1-17(25(32)29-21-8-3-2-4-9-21)30(14-18-10-11-22(27)23(28)13-18)24(31)16-33-15-19-6-5-7-20(26)12-19/h5-7,10-13,17,21H,2-4,8-9,14-16H2,1H3,(H,29,32)/t17-/m0/s1. The number of hydrogen-bond acceptors (Lipinski definition) is 3. The second-order valence-electron chi connectivity index (χ2n) is 8.41. The third-order valence-corrected chi connectivity index (χ3v) is 7.80. The molecule has 33 heavy (non-hydrogen) atoms. The van der Waals surface area contributed by atoms with Crippen molar-refractivity contribution < 1.29 is 9.59 Å². The smallest absolute Gasteiger partial charge is 0.242 e. The Hall–Kier alpha value is -1.40. The molecule has 0 unspecified atom stereocenters. The minimum absolute atomic E-state index is 0.0978. The number of hydrogen-bond donors (Lipinski definition) is 1. The number of thioether (sulfide) groups is 1. The van der Waals surface area contributed by atoms with Gasteiger partial charge in [0.15, 0.2) is 0 Å². The highest BCUT2D eigenvalue weighted by Gasteiger charge is 2.28. The second kappa shape index (κ2) is 12.9. The first-order valence-electron chi connectivity index (χ1n) is 11.2. The van der Waals surface area contributed by atoms with E-state index in [-0.39, 0.29) is 30.2 Å². The molecule has 2 aromatic rings. The van der Waals surface area contributed by atoms with Crippen molar-refractivity contribution in [3.8, 4) is 0 Å². The first kappa shape index (κ1) is 26.2. The third kappa shape index (κ3) is 8.10. The molecule has 0 radical (unpaired) electrons. The number of rotatable bonds is 9. The van der Waals surface area contributed by atoms with Crippen LogP contribution >= 0.6 is 46.6 Å². The maximum Gasteiger partial charge on any atom is 0.242 e. The summed E-state index contributed by atoms with van der Waals surface area (Å²) in [5, 5.41) is 4.71. The molecule has 1 aliphatic carbocycles. The number of amides is 2. The summed E-state index contributed by atoms with van der Waals surface area (Å²) in [4.78, 5) is 27.9. The van der Waals surface area contributed by atoms with Crippen LogP contribution in [0.15, 0.2) is 42.5 Å². The Labute approximate surface area is 215 Å². The summed E-state index contributed by atoms with van der Waals surface area (Å²) in [6.45, 7) is 2.07. The lowest BCUT2D eigenvalue weighted by atomic mass is 9.95. The number of benzene rings is 2. The Morgan fingerprint density at radius 3 is 2.48 bits per heavy atom. The molecule has 178 valence electrons. The summed E-state index contributed by atoms with van der Waals surface area (Å²) in [5.74, 6) is 0.708. The Morgan fingerprint density at radius 2 is 1.79 bits per heavy atom. The molecule has 3 rings (SSSR count). The molecular formula is C25H29Cl3N2O2S. The maximum absolute atomic E-state index is 13.2. The minimum atomic E-state index is -0.597. The van der Waals surface area contributed by atoms with Crippen LogP contribution in [0.3, 0.4) is 0 Å². The molecule has 8 heteroatoms. The van der Waals surface area contributed by atoms with Gasteiger partial charge in [-0.25, -0.2) is 0 Å². The molecule has 2 aromatic carbocycles. The average molecular weight is 528 g/mol. The van der Waals surface area contributed by atoms with Crippen molar-refractivity contribution in [2.24, 2.45) is 0 Å². The summed E-state index contributed by atoms with van der Waals surface area (Å²) in [6.07, 6.45) is 5.47. The van der Waals surface area contributed by atoms with E-state index in [0.717, 1.165) is 36.8 Å². The van der Waals surface area contributed by atoms with E-state index < -0.39 is 6.04 Å². The quantitative estimate of drug-likeness (QED) is 0.392. The van der Waals surface area contributed by atoms with Gasteiger partial charge in [-0.05, 0) is 55.2 Å². The minimum Gasteiger partial charge on any atom is -0.352 e. The Balaban J connectivity index is 1.68. The fraction of sp³-hybridized carbons (Fsp3) is 0.440. The zero-order valence-electron chi connectivity index (χ0n) is 18.7. The van der Waals surface area contributed by atoms with Crippen molar-refractivity contribution in [1.29, 1.82) is 0 Å². The van der Waals surface area contributed by atoms with Gasteiger partial charge in [-0.3, -0.25) is 9.59 Å². The number of nitrogens with zero attached hydrogens (tertiary/aromatic N) is 1. The van der Waals surface area contributed by atoms with Crippen molar-refractivity contribution >= 4 is 58.4 Å². The van der Waals surface area contributed by atoms with Crippen LogP contribution in [0.5, 0.6) is 0 Å². The van der Waals surface area contributed by atoms with Crippen molar-refractivity contribution in [3.05, 3.63) is 68.7 Å². The van der Waals surface area contributed by atoms with E-state index in [4.69, 9.17) is 34.8 Å². The van der Waals surface area contributed by atoms with Gasteiger partial charge in [0.25, 0.3) is 0 Å². The summed E-state index contributed by atoms with van der Waals surface area (Å²) in [6, 6.07) is 12.5. The molecule has 2 amide bonds. The zero-order chi connectivity index (χ0) is 23.8. The molecule has 0 bridgehead atoms. The molecule has 4 nitrogen and oxygen atoms in total. The molecule has 1 atom stereocenters.